The average molecular weight is 959 g/mol. The highest BCUT2D eigenvalue weighted by Gasteiger charge is 2.61. The van der Waals surface area contributed by atoms with Gasteiger partial charge in [0.25, 0.3) is 12.2 Å². The number of rotatable bonds is 8. The molecule has 2 aromatic carbocycles. The highest BCUT2D eigenvalue weighted by atomic mass is 35.5. The van der Waals surface area contributed by atoms with Crippen molar-refractivity contribution in [3.05, 3.63) is 58.7 Å². The number of hydrogen-bond donors (Lipinski definition) is 0. The lowest BCUT2D eigenvalue weighted by molar-refractivity contribution is -0.309. The van der Waals surface area contributed by atoms with Gasteiger partial charge in [-0.1, -0.05) is 24.3 Å². The first-order valence-corrected chi connectivity index (χ1v) is 18.5. The molecule has 0 bridgehead atoms. The Bertz CT molecular complexity index is 2290. The molecule has 6 rings (SSSR count). The average Bonchev–Trinajstić information content (AvgIpc) is 4.00. The van der Waals surface area contributed by atoms with E-state index >= 15 is 0 Å². The Labute approximate surface area is 385 Å². The number of anilines is 2. The third-order valence-electron chi connectivity index (χ3n) is 9.21. The van der Waals surface area contributed by atoms with E-state index in [1.165, 1.54) is 12.1 Å². The van der Waals surface area contributed by atoms with Crippen molar-refractivity contribution in [1.82, 2.24) is 19.6 Å². The van der Waals surface area contributed by atoms with Gasteiger partial charge in [-0.05, 0) is 73.9 Å². The number of halogens is 13. The smallest absolute Gasteiger partial charge is 0.426 e. The first-order valence-electron chi connectivity index (χ1n) is 26.5. The van der Waals surface area contributed by atoms with E-state index < -0.39 is 124 Å². The van der Waals surface area contributed by atoms with Crippen LogP contribution in [-0.2, 0) is 22.6 Å². The summed E-state index contributed by atoms with van der Waals surface area (Å²) in [5.41, 5.74) is 3.17. The van der Waals surface area contributed by atoms with Crippen LogP contribution in [0.15, 0.2) is 36.4 Å². The number of carbonyl (C=O) groups is 2. The van der Waals surface area contributed by atoms with Crippen molar-refractivity contribution in [2.24, 2.45) is 0 Å². The third kappa shape index (κ3) is 14.5. The highest BCUT2D eigenvalue weighted by Crippen LogP contribution is 2.38. The van der Waals surface area contributed by atoms with Gasteiger partial charge in [-0.2, -0.15) is 52.7 Å². The summed E-state index contributed by atoms with van der Waals surface area (Å²) >= 11 is 0. The second-order valence-corrected chi connectivity index (χ2v) is 14.1. The van der Waals surface area contributed by atoms with Crippen LogP contribution in [0.25, 0.3) is 0 Å². The van der Waals surface area contributed by atoms with Crippen molar-refractivity contribution in [2.75, 3.05) is 88.0 Å². The summed E-state index contributed by atoms with van der Waals surface area (Å²) in [6, 6.07) is 9.64. The zero-order chi connectivity index (χ0) is 60.0. The number of amides is 2. The van der Waals surface area contributed by atoms with Crippen LogP contribution in [0.5, 0.6) is 0 Å². The van der Waals surface area contributed by atoms with Crippen molar-refractivity contribution in [1.29, 1.82) is 0 Å². The molecule has 2 amide bonds. The number of nitrogens with zero attached hydrogens (tertiary/aromatic N) is 6. The van der Waals surface area contributed by atoms with E-state index in [2.05, 4.69) is 9.47 Å². The molecule has 23 heteroatoms. The zero-order valence-electron chi connectivity index (χ0n) is 48.9. The molecule has 0 atom stereocenters. The van der Waals surface area contributed by atoms with Gasteiger partial charge in [-0.3, -0.25) is 9.80 Å². The third-order valence-corrected chi connectivity index (χ3v) is 9.21. The fraction of sp³-hybridized carbons (Fsp3) is 0.650. The Morgan fingerprint density at radius 1 is 0.540 bits per heavy atom. The quantitative estimate of drug-likeness (QED) is 0.243. The maximum Gasteiger partial charge on any atom is 0.434 e. The first-order chi connectivity index (χ1) is 34.9. The standard InChI is InChI=1S/2C20H25F6N3O2.ClH/c2*1-14-4-5-15(16(12-14)28-6-2-3-7-28)13-27-8-10-29(11-9-27)18(30)31-17(19(21,22)23)20(24,25)26;/h2*4-5,12,17H,2-3,6-11,13H2,1H3;1H/i2*8D2,9D2,10D2,11D2;. The van der Waals surface area contributed by atoms with Gasteiger partial charge in [-0.25, -0.2) is 9.59 Å². The normalized spacial score (nSPS) is 28.6. The van der Waals surface area contributed by atoms with Gasteiger partial charge in [-0.15, -0.1) is 12.4 Å². The maximum absolute atomic E-state index is 13.0. The minimum Gasteiger partial charge on any atom is -0.426 e. The molecule has 4 heterocycles. The molecule has 4 aliphatic rings. The predicted octanol–water partition coefficient (Wildman–Crippen LogP) is 9.11. The lowest BCUT2D eigenvalue weighted by Crippen LogP contribution is -2.52. The van der Waals surface area contributed by atoms with Crippen LogP contribution in [0.4, 0.5) is 73.6 Å². The van der Waals surface area contributed by atoms with E-state index in [-0.39, 0.29) is 33.3 Å². The van der Waals surface area contributed by atoms with Gasteiger partial charge in [0.1, 0.15) is 0 Å². The van der Waals surface area contributed by atoms with Crippen molar-refractivity contribution in [2.45, 2.75) is 89.5 Å². The van der Waals surface area contributed by atoms with E-state index in [9.17, 15) is 62.3 Å². The van der Waals surface area contributed by atoms with E-state index in [0.29, 0.717) is 37.6 Å². The molecule has 0 spiro atoms. The van der Waals surface area contributed by atoms with Gasteiger partial charge < -0.3 is 29.1 Å². The number of carbonyl (C=O) groups excluding carboxylic acids is 2. The molecule has 4 fully saturated rings. The summed E-state index contributed by atoms with van der Waals surface area (Å²) in [6.45, 7) is -26.3. The number of piperazine rings is 2. The van der Waals surface area contributed by atoms with Crippen molar-refractivity contribution >= 4 is 36.0 Å². The monoisotopic (exact) mass is 958 g/mol. The lowest BCUT2D eigenvalue weighted by Gasteiger charge is -2.36. The molecule has 0 saturated carbocycles. The summed E-state index contributed by atoms with van der Waals surface area (Å²) in [5, 5.41) is 0. The molecule has 4 saturated heterocycles. The van der Waals surface area contributed by atoms with Crippen LogP contribution in [0.3, 0.4) is 0 Å². The Kier molecular flexibility index (Phi) is 11.0. The number of alkyl halides is 12. The lowest BCUT2D eigenvalue weighted by atomic mass is 10.1. The molecule has 0 unspecified atom stereocenters. The Hall–Kier alpha value is -4.05. The molecular formula is C40H51ClF12N6O4. The molecule has 0 aromatic heterocycles. The Morgan fingerprint density at radius 2 is 0.825 bits per heavy atom. The van der Waals surface area contributed by atoms with Crippen LogP contribution in [0.2, 0.25) is 0 Å². The Balaban J connectivity index is 0.000000336. The molecule has 63 heavy (non-hydrogen) atoms. The molecule has 0 radical (unpaired) electrons. The van der Waals surface area contributed by atoms with Crippen LogP contribution in [-0.4, -0.2) is 147 Å². The van der Waals surface area contributed by atoms with E-state index in [1.807, 2.05) is 9.80 Å². The minimum absolute atomic E-state index is 0. The van der Waals surface area contributed by atoms with Crippen molar-refractivity contribution < 1.29 is 93.7 Å². The predicted molar refractivity (Wildman–Crippen MR) is 211 cm³/mol. The summed E-state index contributed by atoms with van der Waals surface area (Å²) in [7, 11) is 0. The summed E-state index contributed by atoms with van der Waals surface area (Å²) in [5.74, 6) is 0. The number of ether oxygens (including phenoxy) is 2. The first kappa shape index (κ1) is 32.6. The molecule has 0 aliphatic carbocycles. The molecule has 0 N–H and O–H groups in total. The summed E-state index contributed by atoms with van der Waals surface area (Å²) in [6.07, 6.45) is -37.0. The van der Waals surface area contributed by atoms with Crippen molar-refractivity contribution in [3.8, 4) is 0 Å². The highest BCUT2D eigenvalue weighted by molar-refractivity contribution is 5.85. The molecular weight excluding hydrogens is 892 g/mol. The topological polar surface area (TPSA) is 72.0 Å². The van der Waals surface area contributed by atoms with Crippen LogP contribution >= 0.6 is 12.4 Å². The van der Waals surface area contributed by atoms with E-state index in [1.54, 1.807) is 38.1 Å². The summed E-state index contributed by atoms with van der Waals surface area (Å²) in [4.78, 5) is 27.1. The number of benzene rings is 2. The van der Waals surface area contributed by atoms with Gasteiger partial charge in [0.05, 0.1) is 11.0 Å². The largest absolute Gasteiger partial charge is 0.434 e. The SMILES string of the molecule is Cl.[2H]C1([2H])N(Cc2ccc(C)cc2N2CCCC2)C([2H])([2H])C([2H])([2H])N(C(=O)OC(C(F)(F)F)C(F)(F)F)C1([2H])[2H].[2H]C1([2H])N(Cc2ccc(C)cc2N2CCCC2)C([2H])([2H])C([2H])([2H])N(C(=O)OC(C(F)(F)F)C(F)(F)F)C1([2H])[2H]. The van der Waals surface area contributed by atoms with Gasteiger partial charge >= 0.3 is 36.9 Å². The van der Waals surface area contributed by atoms with Gasteiger partial charge in [0.15, 0.2) is 0 Å². The number of hydrogen-bond acceptors (Lipinski definition) is 8. The van der Waals surface area contributed by atoms with Gasteiger partial charge in [0.2, 0.25) is 0 Å². The molecule has 356 valence electrons. The fourth-order valence-corrected chi connectivity index (χ4v) is 6.30. The maximum atomic E-state index is 13.0. The molecule has 4 aliphatic heterocycles. The minimum atomic E-state index is -6.23. The molecule has 2 aromatic rings. The number of aryl methyl sites for hydroxylation is 2. The summed E-state index contributed by atoms with van der Waals surface area (Å²) < 4.78 is 294. The second kappa shape index (κ2) is 21.3. The fourth-order valence-electron chi connectivity index (χ4n) is 6.30. The van der Waals surface area contributed by atoms with E-state index in [4.69, 9.17) is 21.9 Å². The van der Waals surface area contributed by atoms with Crippen molar-refractivity contribution in [3.63, 3.8) is 0 Å². The van der Waals surface area contributed by atoms with Crippen LogP contribution < -0.4 is 9.80 Å². The van der Waals surface area contributed by atoms with Crippen LogP contribution in [0, 0.1) is 13.8 Å². The van der Waals surface area contributed by atoms with E-state index in [0.717, 1.165) is 36.8 Å². The second-order valence-electron chi connectivity index (χ2n) is 14.1. The zero-order valence-corrected chi connectivity index (χ0v) is 33.8. The Morgan fingerprint density at radius 3 is 1.10 bits per heavy atom. The molecule has 10 nitrogen and oxygen atoms in total. The van der Waals surface area contributed by atoms with Crippen LogP contribution in [0.1, 0.15) is 69.9 Å². The van der Waals surface area contributed by atoms with Gasteiger partial charge in [0, 0.05) is 114 Å².